The highest BCUT2D eigenvalue weighted by molar-refractivity contribution is 5.71. The first-order chi connectivity index (χ1) is 7.97. The Balaban J connectivity index is 2.51. The van der Waals surface area contributed by atoms with Crippen molar-refractivity contribution in [3.8, 4) is 0 Å². The van der Waals surface area contributed by atoms with Crippen LogP contribution in [0.2, 0.25) is 0 Å². The van der Waals surface area contributed by atoms with Crippen LogP contribution in [-0.4, -0.2) is 47.3 Å². The lowest BCUT2D eigenvalue weighted by atomic mass is 10.0. The number of nitrogens with zero attached hydrogens (tertiary/aromatic N) is 1. The molecule has 17 heavy (non-hydrogen) atoms. The molecule has 0 unspecified atom stereocenters. The lowest BCUT2D eigenvalue weighted by Crippen LogP contribution is -2.46. The third-order valence-corrected chi connectivity index (χ3v) is 3.40. The topological polar surface area (TPSA) is 49.8 Å². The molecule has 0 spiro atoms. The summed E-state index contributed by atoms with van der Waals surface area (Å²) in [5.74, 6) is -0.206. The molecule has 1 aliphatic carbocycles. The van der Waals surface area contributed by atoms with Crippen LogP contribution in [0.15, 0.2) is 0 Å². The molecule has 0 aromatic carbocycles. The number of hydrogen-bond acceptors (Lipinski definition) is 4. The Labute approximate surface area is 104 Å². The van der Waals surface area contributed by atoms with Gasteiger partial charge in [0.2, 0.25) is 0 Å². The second-order valence-electron chi connectivity index (χ2n) is 5.24. The fraction of sp³-hybridized carbons (Fsp3) is 0.923. The zero-order valence-electron chi connectivity index (χ0n) is 11.2. The van der Waals surface area contributed by atoms with E-state index >= 15 is 0 Å². The third kappa shape index (κ3) is 4.64. The molecule has 4 heteroatoms. The van der Waals surface area contributed by atoms with Crippen molar-refractivity contribution in [3.05, 3.63) is 0 Å². The van der Waals surface area contributed by atoms with Crippen LogP contribution >= 0.6 is 0 Å². The van der Waals surface area contributed by atoms with Crippen molar-refractivity contribution < 1.29 is 14.6 Å². The number of aliphatic hydroxyl groups is 1. The number of rotatable bonds is 6. The molecule has 0 aliphatic heterocycles. The smallest absolute Gasteiger partial charge is 0.320 e. The first-order valence-electron chi connectivity index (χ1n) is 6.59. The number of esters is 1. The minimum Gasteiger partial charge on any atom is -0.465 e. The molecule has 0 saturated heterocycles. The van der Waals surface area contributed by atoms with E-state index in [9.17, 15) is 9.90 Å². The fourth-order valence-corrected chi connectivity index (χ4v) is 2.36. The number of hydrogen-bond donors (Lipinski definition) is 1. The highest BCUT2D eigenvalue weighted by atomic mass is 16.5. The van der Waals surface area contributed by atoms with Crippen molar-refractivity contribution in [2.75, 3.05) is 19.7 Å². The fourth-order valence-electron chi connectivity index (χ4n) is 2.36. The van der Waals surface area contributed by atoms with E-state index in [2.05, 4.69) is 0 Å². The molecule has 1 saturated carbocycles. The Morgan fingerprint density at radius 3 is 2.47 bits per heavy atom. The number of carbonyl (C=O) groups is 1. The van der Waals surface area contributed by atoms with Crippen LogP contribution in [0, 0.1) is 0 Å². The average Bonchev–Trinajstić information content (AvgIpc) is 2.64. The summed E-state index contributed by atoms with van der Waals surface area (Å²) in [6.07, 6.45) is 3.86. The van der Waals surface area contributed by atoms with E-state index in [1.54, 1.807) is 0 Å². The normalized spacial score (nSPS) is 18.9. The molecule has 1 rings (SSSR count). The van der Waals surface area contributed by atoms with Gasteiger partial charge in [0, 0.05) is 12.6 Å². The van der Waals surface area contributed by atoms with Gasteiger partial charge in [0.15, 0.2) is 0 Å². The van der Waals surface area contributed by atoms with Gasteiger partial charge < -0.3 is 9.84 Å². The molecule has 0 heterocycles. The number of carbonyl (C=O) groups excluding carboxylic acids is 1. The molecule has 0 aromatic heterocycles. The summed E-state index contributed by atoms with van der Waals surface area (Å²) in [7, 11) is 0. The minimum absolute atomic E-state index is 0.206. The monoisotopic (exact) mass is 243 g/mol. The summed E-state index contributed by atoms with van der Waals surface area (Å²) in [6.45, 7) is 7.14. The van der Waals surface area contributed by atoms with Crippen molar-refractivity contribution in [1.29, 1.82) is 0 Å². The highest BCUT2D eigenvalue weighted by Gasteiger charge is 2.34. The van der Waals surface area contributed by atoms with Gasteiger partial charge in [-0.25, -0.2) is 0 Å². The Kier molecular flexibility index (Phi) is 5.40. The van der Waals surface area contributed by atoms with Crippen molar-refractivity contribution in [3.63, 3.8) is 0 Å². The zero-order chi connectivity index (χ0) is 12.9. The summed E-state index contributed by atoms with van der Waals surface area (Å²) in [4.78, 5) is 13.5. The van der Waals surface area contributed by atoms with E-state index < -0.39 is 5.60 Å². The van der Waals surface area contributed by atoms with Crippen LogP contribution in [0.25, 0.3) is 0 Å². The first kappa shape index (κ1) is 14.5. The van der Waals surface area contributed by atoms with Crippen molar-refractivity contribution in [1.82, 2.24) is 4.90 Å². The lowest BCUT2D eigenvalue weighted by molar-refractivity contribution is -0.145. The van der Waals surface area contributed by atoms with Gasteiger partial charge in [0.25, 0.3) is 0 Å². The van der Waals surface area contributed by atoms with Gasteiger partial charge in [0.1, 0.15) is 0 Å². The van der Waals surface area contributed by atoms with E-state index in [1.807, 2.05) is 25.7 Å². The van der Waals surface area contributed by atoms with E-state index in [0.717, 1.165) is 25.7 Å². The molecular weight excluding hydrogens is 218 g/mol. The second kappa shape index (κ2) is 6.36. The first-order valence-corrected chi connectivity index (χ1v) is 6.59. The SMILES string of the molecule is CCOC(=O)CN(CC1(O)CCCC1)C(C)C. The van der Waals surface area contributed by atoms with Gasteiger partial charge in [-0.05, 0) is 33.6 Å². The van der Waals surface area contributed by atoms with Crippen molar-refractivity contribution in [2.24, 2.45) is 0 Å². The molecule has 0 amide bonds. The van der Waals surface area contributed by atoms with Crippen molar-refractivity contribution in [2.45, 2.75) is 58.1 Å². The maximum absolute atomic E-state index is 11.5. The van der Waals surface area contributed by atoms with Gasteiger partial charge in [-0.1, -0.05) is 12.8 Å². The van der Waals surface area contributed by atoms with E-state index in [-0.39, 0.29) is 18.6 Å². The quantitative estimate of drug-likeness (QED) is 0.719. The summed E-state index contributed by atoms with van der Waals surface area (Å²) in [5, 5.41) is 10.4. The lowest BCUT2D eigenvalue weighted by Gasteiger charge is -2.33. The molecular formula is C13H25NO3. The summed E-state index contributed by atoms with van der Waals surface area (Å²) in [6, 6.07) is 0.240. The highest BCUT2D eigenvalue weighted by Crippen LogP contribution is 2.30. The Hall–Kier alpha value is -0.610. The molecule has 1 N–H and O–H groups in total. The number of ether oxygens (including phenoxy) is 1. The third-order valence-electron chi connectivity index (χ3n) is 3.40. The van der Waals surface area contributed by atoms with Crippen LogP contribution < -0.4 is 0 Å². The molecule has 0 bridgehead atoms. The van der Waals surface area contributed by atoms with Crippen molar-refractivity contribution >= 4 is 5.97 Å². The summed E-state index contributed by atoms with van der Waals surface area (Å²) < 4.78 is 4.96. The average molecular weight is 243 g/mol. The maximum Gasteiger partial charge on any atom is 0.320 e. The molecule has 0 atom stereocenters. The molecule has 4 nitrogen and oxygen atoms in total. The van der Waals surface area contributed by atoms with Gasteiger partial charge in [-0.15, -0.1) is 0 Å². The molecule has 0 radical (unpaired) electrons. The van der Waals surface area contributed by atoms with Gasteiger partial charge in [0.05, 0.1) is 18.8 Å². The van der Waals surface area contributed by atoms with Gasteiger partial charge in [-0.3, -0.25) is 9.69 Å². The summed E-state index contributed by atoms with van der Waals surface area (Å²) >= 11 is 0. The van der Waals surface area contributed by atoms with Gasteiger partial charge in [-0.2, -0.15) is 0 Å². The van der Waals surface area contributed by atoms with Crippen LogP contribution in [0.3, 0.4) is 0 Å². The van der Waals surface area contributed by atoms with Crippen LogP contribution in [-0.2, 0) is 9.53 Å². The molecule has 1 aliphatic rings. The predicted octanol–water partition coefficient (Wildman–Crippen LogP) is 1.56. The summed E-state index contributed by atoms with van der Waals surface area (Å²) in [5.41, 5.74) is -0.600. The minimum atomic E-state index is -0.600. The van der Waals surface area contributed by atoms with Gasteiger partial charge >= 0.3 is 5.97 Å². The molecule has 100 valence electrons. The Morgan fingerprint density at radius 2 is 2.00 bits per heavy atom. The standard InChI is InChI=1S/C13H25NO3/c1-4-17-12(15)9-14(11(2)3)10-13(16)7-5-6-8-13/h11,16H,4-10H2,1-3H3. The predicted molar refractivity (Wildman–Crippen MR) is 66.8 cm³/mol. The van der Waals surface area contributed by atoms with Crippen LogP contribution in [0.4, 0.5) is 0 Å². The molecule has 1 fully saturated rings. The largest absolute Gasteiger partial charge is 0.465 e. The Morgan fingerprint density at radius 1 is 1.41 bits per heavy atom. The van der Waals surface area contributed by atoms with E-state index in [4.69, 9.17) is 4.74 Å². The van der Waals surface area contributed by atoms with Crippen LogP contribution in [0.5, 0.6) is 0 Å². The van der Waals surface area contributed by atoms with Crippen LogP contribution in [0.1, 0.15) is 46.5 Å². The van der Waals surface area contributed by atoms with E-state index in [1.165, 1.54) is 0 Å². The second-order valence-corrected chi connectivity index (χ2v) is 5.24. The Bertz CT molecular complexity index is 247. The zero-order valence-corrected chi connectivity index (χ0v) is 11.2. The molecule has 0 aromatic rings. The maximum atomic E-state index is 11.5. The van der Waals surface area contributed by atoms with E-state index in [0.29, 0.717) is 13.2 Å².